The number of phenols is 4. The highest BCUT2D eigenvalue weighted by Crippen LogP contribution is 2.46. The van der Waals surface area contributed by atoms with E-state index in [1.165, 1.54) is 26.0 Å². The van der Waals surface area contributed by atoms with Crippen LogP contribution in [-0.2, 0) is 14.2 Å². The monoisotopic (exact) mass is 578 g/mol. The van der Waals surface area contributed by atoms with Crippen LogP contribution in [0.4, 0.5) is 0 Å². The number of aromatic hydroxyl groups is 4. The van der Waals surface area contributed by atoms with Gasteiger partial charge in [-0.15, -0.1) is 0 Å². The molecule has 2 aromatic carbocycles. The molecular formula is C27H30O14. The summed E-state index contributed by atoms with van der Waals surface area (Å²) >= 11 is 0. The van der Waals surface area contributed by atoms with Crippen LogP contribution in [-0.4, -0.2) is 101 Å². The first kappa shape index (κ1) is 29.0. The normalized spacial score (nSPS) is 34.1. The first-order chi connectivity index (χ1) is 19.3. The second kappa shape index (κ2) is 10.7. The number of rotatable bonds is 4. The smallest absolute Gasteiger partial charge is 0.197 e. The Morgan fingerprint density at radius 2 is 1.39 bits per heavy atom. The van der Waals surface area contributed by atoms with Crippen LogP contribution in [0.5, 0.6) is 23.0 Å². The second-order valence-electron chi connectivity index (χ2n) is 10.2. The molecule has 3 heterocycles. The predicted molar refractivity (Wildman–Crippen MR) is 137 cm³/mol. The van der Waals surface area contributed by atoms with E-state index in [9.17, 15) is 50.8 Å². The van der Waals surface area contributed by atoms with Gasteiger partial charge in [-0.1, -0.05) is 0 Å². The molecule has 3 aromatic rings. The lowest BCUT2D eigenvalue weighted by molar-refractivity contribution is -0.336. The van der Waals surface area contributed by atoms with E-state index in [1.807, 2.05) is 0 Å². The van der Waals surface area contributed by atoms with Crippen molar-refractivity contribution >= 4 is 11.0 Å². The second-order valence-corrected chi connectivity index (χ2v) is 10.2. The van der Waals surface area contributed by atoms with E-state index < -0.39 is 95.2 Å². The van der Waals surface area contributed by atoms with Crippen LogP contribution >= 0.6 is 0 Å². The fourth-order valence-corrected chi connectivity index (χ4v) is 5.11. The van der Waals surface area contributed by atoms with Gasteiger partial charge in [-0.3, -0.25) is 4.79 Å². The third-order valence-corrected chi connectivity index (χ3v) is 7.48. The summed E-state index contributed by atoms with van der Waals surface area (Å²) in [7, 11) is 0. The topological polar surface area (TPSA) is 240 Å². The van der Waals surface area contributed by atoms with E-state index >= 15 is 0 Å². The number of hydrogen-bond acceptors (Lipinski definition) is 14. The first-order valence-corrected chi connectivity index (χ1v) is 12.7. The Hall–Kier alpha value is -3.47. The van der Waals surface area contributed by atoms with E-state index in [2.05, 4.69) is 0 Å². The maximum atomic E-state index is 13.1. The van der Waals surface area contributed by atoms with Gasteiger partial charge in [-0.25, -0.2) is 0 Å². The lowest BCUT2D eigenvalue weighted by Crippen LogP contribution is -2.61. The summed E-state index contributed by atoms with van der Waals surface area (Å²) in [5.41, 5.74) is -1.20. The Labute approximate surface area is 231 Å². The molecule has 222 valence electrons. The summed E-state index contributed by atoms with van der Waals surface area (Å²) in [5, 5.41) is 93.2. The van der Waals surface area contributed by atoms with Crippen molar-refractivity contribution in [2.24, 2.45) is 0 Å². The molecule has 0 radical (unpaired) electrons. The predicted octanol–water partition coefficient (Wildman–Crippen LogP) is -0.323. The van der Waals surface area contributed by atoms with E-state index in [1.54, 1.807) is 0 Å². The summed E-state index contributed by atoms with van der Waals surface area (Å²) < 4.78 is 22.7. The molecule has 0 aliphatic carbocycles. The lowest BCUT2D eigenvalue weighted by atomic mass is 9.89. The van der Waals surface area contributed by atoms with Crippen LogP contribution in [0.2, 0.25) is 0 Å². The van der Waals surface area contributed by atoms with Crippen LogP contribution in [0.1, 0.15) is 25.5 Å². The maximum Gasteiger partial charge on any atom is 0.197 e. The molecule has 1 aromatic heterocycles. The molecule has 14 heteroatoms. The highest BCUT2D eigenvalue weighted by molar-refractivity contribution is 5.88. The molecule has 0 bridgehead atoms. The van der Waals surface area contributed by atoms with Gasteiger partial charge in [0.25, 0.3) is 0 Å². The minimum absolute atomic E-state index is 0.0510. The highest BCUT2D eigenvalue weighted by atomic mass is 16.7. The maximum absolute atomic E-state index is 13.1. The van der Waals surface area contributed by atoms with Crippen LogP contribution in [0.25, 0.3) is 22.3 Å². The molecule has 41 heavy (non-hydrogen) atoms. The zero-order valence-electron chi connectivity index (χ0n) is 21.7. The van der Waals surface area contributed by atoms with Crippen molar-refractivity contribution in [2.75, 3.05) is 0 Å². The molecule has 0 amide bonds. The Balaban J connectivity index is 1.58. The number of benzene rings is 2. The molecule has 2 fully saturated rings. The quantitative estimate of drug-likeness (QED) is 0.180. The van der Waals surface area contributed by atoms with E-state index in [-0.39, 0.29) is 22.3 Å². The molecule has 0 saturated carbocycles. The summed E-state index contributed by atoms with van der Waals surface area (Å²) in [5.74, 6) is -2.34. The van der Waals surface area contributed by atoms with Crippen molar-refractivity contribution in [2.45, 2.75) is 75.1 Å². The van der Waals surface area contributed by atoms with Gasteiger partial charge in [0.15, 0.2) is 23.2 Å². The number of ether oxygens (including phenoxy) is 3. The van der Waals surface area contributed by atoms with Crippen molar-refractivity contribution in [1.82, 2.24) is 0 Å². The number of fused-ring (bicyclic) bond motifs is 1. The van der Waals surface area contributed by atoms with Crippen LogP contribution in [0.3, 0.4) is 0 Å². The lowest BCUT2D eigenvalue weighted by Gasteiger charge is -2.46. The van der Waals surface area contributed by atoms with Gasteiger partial charge in [0.05, 0.1) is 17.8 Å². The van der Waals surface area contributed by atoms with Crippen molar-refractivity contribution < 1.29 is 64.6 Å². The Morgan fingerprint density at radius 1 is 0.732 bits per heavy atom. The molecule has 2 aliphatic heterocycles. The van der Waals surface area contributed by atoms with E-state index in [0.717, 1.165) is 18.2 Å². The molecule has 1 unspecified atom stereocenters. The summed E-state index contributed by atoms with van der Waals surface area (Å²) in [6.45, 7) is 2.82. The zero-order chi connectivity index (χ0) is 29.9. The fourth-order valence-electron chi connectivity index (χ4n) is 5.11. The number of aliphatic hydroxyl groups excluding tert-OH is 5. The number of phenolic OH excluding ortho intramolecular Hbond substituents is 4. The van der Waals surface area contributed by atoms with Crippen molar-refractivity contribution in [3.05, 3.63) is 46.1 Å². The first-order valence-electron chi connectivity index (χ1n) is 12.7. The van der Waals surface area contributed by atoms with Crippen molar-refractivity contribution in [3.8, 4) is 34.3 Å². The number of aliphatic hydroxyl groups is 5. The van der Waals surface area contributed by atoms with Crippen LogP contribution in [0.15, 0.2) is 39.5 Å². The Bertz CT molecular complexity index is 1500. The standard InChI is InChI=1S/C27H30O14/c1-8-20(33)23(36)26(41-27-24(37)22(35)19(32)9(2)39-27)25(38-8)18-14(31)7-16-17(21(18)34)13(30)6-15(40-16)10-3-4-11(28)12(29)5-10/h3-9,19-20,22-29,31-37H,1-2H3/t8-,9+,19+,20-,22-,23+,24-,25?,26-,27+/m1/s1. The van der Waals surface area contributed by atoms with E-state index in [4.69, 9.17) is 18.6 Å². The molecule has 2 saturated heterocycles. The largest absolute Gasteiger partial charge is 0.507 e. The van der Waals surface area contributed by atoms with Gasteiger partial charge in [0, 0.05) is 17.7 Å². The van der Waals surface area contributed by atoms with Gasteiger partial charge in [0.1, 0.15) is 71.0 Å². The Kier molecular flexibility index (Phi) is 7.61. The van der Waals surface area contributed by atoms with Crippen LogP contribution in [0, 0.1) is 0 Å². The van der Waals surface area contributed by atoms with Crippen LogP contribution < -0.4 is 5.43 Å². The van der Waals surface area contributed by atoms with Gasteiger partial charge in [0.2, 0.25) is 0 Å². The molecule has 0 spiro atoms. The third kappa shape index (κ3) is 4.98. The van der Waals surface area contributed by atoms with Gasteiger partial charge in [-0.2, -0.15) is 0 Å². The van der Waals surface area contributed by atoms with E-state index in [0.29, 0.717) is 0 Å². The zero-order valence-corrected chi connectivity index (χ0v) is 21.7. The molecule has 2 aliphatic rings. The average Bonchev–Trinajstić information content (AvgIpc) is 2.92. The number of hydrogen-bond donors (Lipinski definition) is 9. The fraction of sp³-hybridized carbons (Fsp3) is 0.444. The minimum Gasteiger partial charge on any atom is -0.507 e. The third-order valence-electron chi connectivity index (χ3n) is 7.48. The molecule has 14 nitrogen and oxygen atoms in total. The van der Waals surface area contributed by atoms with Crippen molar-refractivity contribution in [1.29, 1.82) is 0 Å². The summed E-state index contributed by atoms with van der Waals surface area (Å²) in [6, 6.07) is 5.75. The van der Waals surface area contributed by atoms with Gasteiger partial charge >= 0.3 is 0 Å². The van der Waals surface area contributed by atoms with Crippen molar-refractivity contribution in [3.63, 3.8) is 0 Å². The minimum atomic E-state index is -1.78. The molecule has 10 atom stereocenters. The highest BCUT2D eigenvalue weighted by Gasteiger charge is 2.50. The summed E-state index contributed by atoms with van der Waals surface area (Å²) in [4.78, 5) is 13.1. The SMILES string of the molecule is C[C@@H]1O[C@@H](O[C@H]2C(c3c(O)cc4oc(-c5ccc(O)c(O)c5)cc(=O)c4c3O)O[C@H](C)[C@@H](O)[C@@H]2O)[C@H](O)[C@H](O)[C@H]1O. The average molecular weight is 579 g/mol. The molecule has 9 N–H and O–H groups in total. The summed E-state index contributed by atoms with van der Waals surface area (Å²) in [6.07, 6.45) is -15.0. The molecule has 5 rings (SSSR count). The molecular weight excluding hydrogens is 548 g/mol. The van der Waals surface area contributed by atoms with Gasteiger partial charge in [-0.05, 0) is 32.0 Å². The van der Waals surface area contributed by atoms with Gasteiger partial charge < -0.3 is 64.6 Å². The Morgan fingerprint density at radius 3 is 2.07 bits per heavy atom.